The van der Waals surface area contributed by atoms with E-state index in [2.05, 4.69) is 0 Å². The Morgan fingerprint density at radius 3 is 1.35 bits per heavy atom. The van der Waals surface area contributed by atoms with E-state index in [4.69, 9.17) is 0 Å². The van der Waals surface area contributed by atoms with Crippen molar-refractivity contribution in [3.05, 3.63) is 109 Å². The molecule has 0 saturated carbocycles. The van der Waals surface area contributed by atoms with E-state index in [0.717, 1.165) is 16.7 Å². The van der Waals surface area contributed by atoms with E-state index in [9.17, 15) is 16.8 Å². The molecule has 31 heavy (non-hydrogen) atoms. The van der Waals surface area contributed by atoms with Gasteiger partial charge in [0.2, 0.25) is 19.7 Å². The molecule has 0 spiro atoms. The minimum Gasteiger partial charge on any atom is -0.219 e. The Kier molecular flexibility index (Phi) is 5.52. The van der Waals surface area contributed by atoms with Crippen LogP contribution in [0.15, 0.2) is 123 Å². The van der Waals surface area contributed by atoms with Crippen LogP contribution in [0.1, 0.15) is 5.56 Å². The Morgan fingerprint density at radius 2 is 0.871 bits per heavy atom. The molecule has 0 atom stereocenters. The highest BCUT2D eigenvalue weighted by Crippen LogP contribution is 2.27. The fraction of sp³-hybridized carbons (Fsp3) is 0.0400. The Bertz CT molecular complexity index is 1420. The first kappa shape index (κ1) is 21.0. The molecule has 0 aromatic heterocycles. The zero-order valence-electron chi connectivity index (χ0n) is 16.8. The molecule has 4 aromatic carbocycles. The van der Waals surface area contributed by atoms with Crippen molar-refractivity contribution in [2.45, 2.75) is 26.5 Å². The van der Waals surface area contributed by atoms with Crippen LogP contribution in [-0.4, -0.2) is 16.8 Å². The SMILES string of the molecule is Cc1cccc(S(=O)(=O)c2ccc(-c3ccc(S(=O)(=O)c4ccccc4)cc3)cc2)c1. The van der Waals surface area contributed by atoms with Crippen molar-refractivity contribution >= 4 is 19.7 Å². The number of benzene rings is 4. The lowest BCUT2D eigenvalue weighted by Crippen LogP contribution is -2.02. The van der Waals surface area contributed by atoms with Gasteiger partial charge in [-0.05, 0) is 72.1 Å². The molecule has 0 saturated heterocycles. The van der Waals surface area contributed by atoms with Gasteiger partial charge in [-0.15, -0.1) is 0 Å². The molecule has 4 nitrogen and oxygen atoms in total. The summed E-state index contributed by atoms with van der Waals surface area (Å²) in [4.78, 5) is 0.926. The van der Waals surface area contributed by atoms with Crippen LogP contribution in [-0.2, 0) is 19.7 Å². The topological polar surface area (TPSA) is 68.3 Å². The predicted molar refractivity (Wildman–Crippen MR) is 120 cm³/mol. The molecule has 0 amide bonds. The minimum absolute atomic E-state index is 0.209. The van der Waals surface area contributed by atoms with Gasteiger partial charge in [0.05, 0.1) is 19.6 Å². The molecule has 0 radical (unpaired) electrons. The van der Waals surface area contributed by atoms with Crippen molar-refractivity contribution in [2.75, 3.05) is 0 Å². The van der Waals surface area contributed by atoms with Crippen LogP contribution in [0.3, 0.4) is 0 Å². The van der Waals surface area contributed by atoms with Crippen molar-refractivity contribution in [1.29, 1.82) is 0 Å². The summed E-state index contributed by atoms with van der Waals surface area (Å²) in [7, 11) is -7.17. The maximum Gasteiger partial charge on any atom is 0.206 e. The van der Waals surface area contributed by atoms with Crippen LogP contribution in [0.4, 0.5) is 0 Å². The summed E-state index contributed by atoms with van der Waals surface area (Å²) < 4.78 is 51.2. The van der Waals surface area contributed by atoms with Gasteiger partial charge in [-0.1, -0.05) is 54.6 Å². The number of sulfone groups is 2. The van der Waals surface area contributed by atoms with Crippen molar-refractivity contribution in [3.8, 4) is 11.1 Å². The summed E-state index contributed by atoms with van der Waals surface area (Å²) in [6, 6.07) is 28.3. The summed E-state index contributed by atoms with van der Waals surface area (Å²) in [5.74, 6) is 0. The number of aryl methyl sites for hydroxylation is 1. The zero-order chi connectivity index (χ0) is 22.1. The Morgan fingerprint density at radius 1 is 0.452 bits per heavy atom. The smallest absolute Gasteiger partial charge is 0.206 e. The molecule has 0 fully saturated rings. The molecule has 4 aromatic rings. The minimum atomic E-state index is -3.60. The van der Waals surface area contributed by atoms with E-state index in [0.29, 0.717) is 0 Å². The lowest BCUT2D eigenvalue weighted by molar-refractivity contribution is 0.594. The molecule has 6 heteroatoms. The molecular weight excluding hydrogens is 428 g/mol. The van der Waals surface area contributed by atoms with E-state index in [1.807, 2.05) is 13.0 Å². The molecule has 0 aliphatic heterocycles. The van der Waals surface area contributed by atoms with Crippen molar-refractivity contribution < 1.29 is 16.8 Å². The lowest BCUT2D eigenvalue weighted by Gasteiger charge is -2.08. The third kappa shape index (κ3) is 4.17. The van der Waals surface area contributed by atoms with Gasteiger partial charge in [-0.2, -0.15) is 0 Å². The highest BCUT2D eigenvalue weighted by Gasteiger charge is 2.19. The molecule has 0 aliphatic rings. The summed E-state index contributed by atoms with van der Waals surface area (Å²) in [6.45, 7) is 1.85. The monoisotopic (exact) mass is 448 g/mol. The predicted octanol–water partition coefficient (Wildman–Crippen LogP) is 5.33. The van der Waals surface area contributed by atoms with Gasteiger partial charge < -0.3 is 0 Å². The summed E-state index contributed by atoms with van der Waals surface area (Å²) in [6.07, 6.45) is 0. The second-order valence-corrected chi connectivity index (χ2v) is 11.1. The van der Waals surface area contributed by atoms with E-state index in [-0.39, 0.29) is 19.6 Å². The van der Waals surface area contributed by atoms with E-state index >= 15 is 0 Å². The Balaban J connectivity index is 1.62. The van der Waals surface area contributed by atoms with E-state index in [1.54, 1.807) is 97.1 Å². The average Bonchev–Trinajstić information content (AvgIpc) is 2.80. The summed E-state index contributed by atoms with van der Waals surface area (Å²) in [5, 5.41) is 0. The first-order valence-electron chi connectivity index (χ1n) is 9.61. The van der Waals surface area contributed by atoms with Crippen molar-refractivity contribution in [3.63, 3.8) is 0 Å². The fourth-order valence-corrected chi connectivity index (χ4v) is 5.95. The number of hydrogen-bond donors (Lipinski definition) is 0. The summed E-state index contributed by atoms with van der Waals surface area (Å²) in [5.41, 5.74) is 2.47. The van der Waals surface area contributed by atoms with Gasteiger partial charge >= 0.3 is 0 Å². The van der Waals surface area contributed by atoms with E-state index < -0.39 is 19.7 Å². The van der Waals surface area contributed by atoms with Crippen LogP contribution < -0.4 is 0 Å². The van der Waals surface area contributed by atoms with Crippen LogP contribution >= 0.6 is 0 Å². The highest BCUT2D eigenvalue weighted by atomic mass is 32.2. The van der Waals surface area contributed by atoms with Crippen LogP contribution in [0.5, 0.6) is 0 Å². The molecule has 0 unspecified atom stereocenters. The van der Waals surface area contributed by atoms with Crippen molar-refractivity contribution in [1.82, 2.24) is 0 Å². The van der Waals surface area contributed by atoms with Crippen LogP contribution in [0.2, 0.25) is 0 Å². The van der Waals surface area contributed by atoms with Gasteiger partial charge in [0.15, 0.2) is 0 Å². The lowest BCUT2D eigenvalue weighted by atomic mass is 10.1. The average molecular weight is 449 g/mol. The first-order valence-corrected chi connectivity index (χ1v) is 12.6. The van der Waals surface area contributed by atoms with E-state index in [1.165, 1.54) is 0 Å². The Hall–Kier alpha value is -3.22. The largest absolute Gasteiger partial charge is 0.219 e. The van der Waals surface area contributed by atoms with Crippen LogP contribution in [0.25, 0.3) is 11.1 Å². The number of hydrogen-bond acceptors (Lipinski definition) is 4. The third-order valence-electron chi connectivity index (χ3n) is 5.02. The van der Waals surface area contributed by atoms with Gasteiger partial charge in [-0.25, -0.2) is 16.8 Å². The summed E-state index contributed by atoms with van der Waals surface area (Å²) >= 11 is 0. The molecule has 0 N–H and O–H groups in total. The maximum atomic E-state index is 12.9. The first-order chi connectivity index (χ1) is 14.8. The maximum absolute atomic E-state index is 12.9. The van der Waals surface area contributed by atoms with Gasteiger partial charge in [0, 0.05) is 0 Å². The second kappa shape index (κ2) is 8.13. The molecule has 0 heterocycles. The van der Waals surface area contributed by atoms with Gasteiger partial charge in [0.25, 0.3) is 0 Å². The molecular formula is C25H20O4S2. The molecule has 0 bridgehead atoms. The third-order valence-corrected chi connectivity index (χ3v) is 8.57. The fourth-order valence-electron chi connectivity index (χ4n) is 3.31. The second-order valence-electron chi connectivity index (χ2n) is 7.19. The standard InChI is InChI=1S/C25H20O4S2/c1-19-6-5-9-25(18-19)31(28,29)24-16-12-21(13-17-24)20-10-14-23(15-11-20)30(26,27)22-7-3-2-4-8-22/h2-18H,1H3. The van der Waals surface area contributed by atoms with Crippen LogP contribution in [0, 0.1) is 6.92 Å². The highest BCUT2D eigenvalue weighted by molar-refractivity contribution is 7.91. The molecule has 4 rings (SSSR count). The van der Waals surface area contributed by atoms with Crippen molar-refractivity contribution in [2.24, 2.45) is 0 Å². The van der Waals surface area contributed by atoms with Gasteiger partial charge in [-0.3, -0.25) is 0 Å². The zero-order valence-corrected chi connectivity index (χ0v) is 18.4. The molecule has 156 valence electrons. The molecule has 0 aliphatic carbocycles. The normalized spacial score (nSPS) is 11.9. The quantitative estimate of drug-likeness (QED) is 0.414. The number of rotatable bonds is 5. The Labute approximate surface area is 182 Å². The van der Waals surface area contributed by atoms with Gasteiger partial charge in [0.1, 0.15) is 0 Å².